The Kier molecular flexibility index (Phi) is 6.04. The number of hydrogen-bond acceptors (Lipinski definition) is 2. The van der Waals surface area contributed by atoms with Crippen LogP contribution in [-0.4, -0.2) is 30.3 Å². The molecule has 2 nitrogen and oxygen atoms in total. The fraction of sp³-hybridized carbons (Fsp3) is 0.929. The van der Waals surface area contributed by atoms with E-state index < -0.39 is 0 Å². The summed E-state index contributed by atoms with van der Waals surface area (Å²) in [6.07, 6.45) is 6.00. The summed E-state index contributed by atoms with van der Waals surface area (Å²) in [5.41, 5.74) is 0. The predicted molar refractivity (Wildman–Crippen MR) is 68.5 cm³/mol. The molecule has 2 heteroatoms. The molecule has 0 bridgehead atoms. The lowest BCUT2D eigenvalue weighted by Gasteiger charge is -2.24. The van der Waals surface area contributed by atoms with Gasteiger partial charge in [0.1, 0.15) is 5.78 Å². The highest BCUT2D eigenvalue weighted by Gasteiger charge is 2.24. The van der Waals surface area contributed by atoms with Gasteiger partial charge in [0, 0.05) is 12.5 Å². The Bertz CT molecular complexity index is 209. The molecule has 1 fully saturated rings. The Labute approximate surface area is 100 Å². The summed E-state index contributed by atoms with van der Waals surface area (Å²) in [5.74, 6) is 1.57. The molecular formula is C14H27NO. The molecule has 1 aliphatic carbocycles. The average Bonchev–Trinajstić information content (AvgIpc) is 2.81. The standard InChI is InChI=1S/C14H27NO/c1-4-12(3)10-15(5-2)11-14(16)13-8-6-7-9-13/h12-13H,4-11H2,1-3H3. The summed E-state index contributed by atoms with van der Waals surface area (Å²) in [6.45, 7) is 9.41. The van der Waals surface area contributed by atoms with Gasteiger partial charge < -0.3 is 0 Å². The van der Waals surface area contributed by atoms with Crippen LogP contribution >= 0.6 is 0 Å². The van der Waals surface area contributed by atoms with E-state index in [-0.39, 0.29) is 0 Å². The first kappa shape index (κ1) is 13.7. The monoisotopic (exact) mass is 225 g/mol. The van der Waals surface area contributed by atoms with Gasteiger partial charge in [-0.3, -0.25) is 9.69 Å². The lowest BCUT2D eigenvalue weighted by molar-refractivity contribution is -0.123. The zero-order chi connectivity index (χ0) is 12.0. The number of carbonyl (C=O) groups excluding carboxylic acids is 1. The van der Waals surface area contributed by atoms with Crippen LogP contribution in [0.15, 0.2) is 0 Å². The minimum absolute atomic E-state index is 0.381. The van der Waals surface area contributed by atoms with Gasteiger partial charge >= 0.3 is 0 Å². The minimum atomic E-state index is 0.381. The van der Waals surface area contributed by atoms with Gasteiger partial charge in [0.05, 0.1) is 6.54 Å². The fourth-order valence-corrected chi connectivity index (χ4v) is 2.47. The third-order valence-electron chi connectivity index (χ3n) is 3.90. The minimum Gasteiger partial charge on any atom is -0.298 e. The summed E-state index contributed by atoms with van der Waals surface area (Å²) in [5, 5.41) is 0. The largest absolute Gasteiger partial charge is 0.298 e. The first-order valence-electron chi connectivity index (χ1n) is 6.92. The van der Waals surface area contributed by atoms with Crippen LogP contribution in [0.2, 0.25) is 0 Å². The van der Waals surface area contributed by atoms with Crippen molar-refractivity contribution >= 4 is 5.78 Å². The molecule has 0 radical (unpaired) electrons. The molecule has 0 aromatic heterocycles. The third-order valence-corrected chi connectivity index (χ3v) is 3.90. The van der Waals surface area contributed by atoms with E-state index in [4.69, 9.17) is 0 Å². The number of ketones is 1. The highest BCUT2D eigenvalue weighted by atomic mass is 16.1. The Hall–Kier alpha value is -0.370. The highest BCUT2D eigenvalue weighted by Crippen LogP contribution is 2.25. The van der Waals surface area contributed by atoms with Crippen LogP contribution in [0.3, 0.4) is 0 Å². The maximum atomic E-state index is 12.0. The molecule has 1 rings (SSSR count). The molecule has 0 heterocycles. The first-order valence-corrected chi connectivity index (χ1v) is 6.92. The summed E-state index contributed by atoms with van der Waals surface area (Å²) >= 11 is 0. The van der Waals surface area contributed by atoms with Crippen LogP contribution in [0.5, 0.6) is 0 Å². The van der Waals surface area contributed by atoms with Crippen molar-refractivity contribution in [2.45, 2.75) is 52.9 Å². The number of rotatable bonds is 7. The summed E-state index contributed by atoms with van der Waals surface area (Å²) < 4.78 is 0. The lowest BCUT2D eigenvalue weighted by Crippen LogP contribution is -2.35. The van der Waals surface area contributed by atoms with E-state index in [2.05, 4.69) is 25.7 Å². The second-order valence-corrected chi connectivity index (χ2v) is 5.29. The molecule has 1 atom stereocenters. The Morgan fingerprint density at radius 2 is 1.94 bits per heavy atom. The molecule has 94 valence electrons. The fourth-order valence-electron chi connectivity index (χ4n) is 2.47. The third kappa shape index (κ3) is 4.25. The van der Waals surface area contributed by atoms with Crippen molar-refractivity contribution in [3.8, 4) is 0 Å². The lowest BCUT2D eigenvalue weighted by atomic mass is 10.0. The quantitative estimate of drug-likeness (QED) is 0.663. The number of hydrogen-bond donors (Lipinski definition) is 0. The van der Waals surface area contributed by atoms with Crippen LogP contribution < -0.4 is 0 Å². The second kappa shape index (κ2) is 7.05. The Morgan fingerprint density at radius 3 is 2.44 bits per heavy atom. The SMILES string of the molecule is CCC(C)CN(CC)CC(=O)C1CCCC1. The van der Waals surface area contributed by atoms with Gasteiger partial charge in [-0.15, -0.1) is 0 Å². The van der Waals surface area contributed by atoms with E-state index in [1.807, 2.05) is 0 Å². The Morgan fingerprint density at radius 1 is 1.31 bits per heavy atom. The number of carbonyl (C=O) groups is 1. The molecule has 1 unspecified atom stereocenters. The van der Waals surface area contributed by atoms with Crippen molar-refractivity contribution in [1.82, 2.24) is 4.90 Å². The van der Waals surface area contributed by atoms with Crippen LogP contribution in [0.4, 0.5) is 0 Å². The normalized spacial score (nSPS) is 19.2. The van der Waals surface area contributed by atoms with Crippen LogP contribution in [0, 0.1) is 11.8 Å². The van der Waals surface area contributed by atoms with E-state index >= 15 is 0 Å². The molecule has 1 aliphatic rings. The van der Waals surface area contributed by atoms with Crippen LogP contribution in [-0.2, 0) is 4.79 Å². The highest BCUT2D eigenvalue weighted by molar-refractivity contribution is 5.83. The molecule has 0 N–H and O–H groups in total. The van der Waals surface area contributed by atoms with E-state index in [9.17, 15) is 4.79 Å². The topological polar surface area (TPSA) is 20.3 Å². The Balaban J connectivity index is 2.33. The van der Waals surface area contributed by atoms with Crippen molar-refractivity contribution in [1.29, 1.82) is 0 Å². The second-order valence-electron chi connectivity index (χ2n) is 5.29. The zero-order valence-electron chi connectivity index (χ0n) is 11.2. The molecule has 0 saturated heterocycles. The van der Waals surface area contributed by atoms with Crippen molar-refractivity contribution in [2.75, 3.05) is 19.6 Å². The van der Waals surface area contributed by atoms with Crippen molar-refractivity contribution in [2.24, 2.45) is 11.8 Å². The maximum Gasteiger partial charge on any atom is 0.149 e. The number of Topliss-reactive ketones (excluding diaryl/α,β-unsaturated/α-hetero) is 1. The van der Waals surface area contributed by atoms with E-state index in [0.29, 0.717) is 24.2 Å². The molecule has 16 heavy (non-hydrogen) atoms. The van der Waals surface area contributed by atoms with Crippen molar-refractivity contribution in [3.05, 3.63) is 0 Å². The first-order chi connectivity index (χ1) is 7.67. The molecule has 0 amide bonds. The van der Waals surface area contributed by atoms with Gasteiger partial charge in [-0.25, -0.2) is 0 Å². The van der Waals surface area contributed by atoms with E-state index in [1.165, 1.54) is 19.3 Å². The summed E-state index contributed by atoms with van der Waals surface area (Å²) in [4.78, 5) is 14.4. The molecule has 0 aromatic rings. The molecule has 0 aliphatic heterocycles. The van der Waals surface area contributed by atoms with Crippen LogP contribution in [0.25, 0.3) is 0 Å². The van der Waals surface area contributed by atoms with Gasteiger partial charge in [0.25, 0.3) is 0 Å². The van der Waals surface area contributed by atoms with E-state index in [0.717, 1.165) is 25.9 Å². The van der Waals surface area contributed by atoms with E-state index in [1.54, 1.807) is 0 Å². The van der Waals surface area contributed by atoms with Crippen molar-refractivity contribution < 1.29 is 4.79 Å². The predicted octanol–water partition coefficient (Wildman–Crippen LogP) is 3.11. The van der Waals surface area contributed by atoms with Gasteiger partial charge in [0.15, 0.2) is 0 Å². The van der Waals surface area contributed by atoms with Gasteiger partial charge in [-0.2, -0.15) is 0 Å². The zero-order valence-corrected chi connectivity index (χ0v) is 11.2. The average molecular weight is 225 g/mol. The van der Waals surface area contributed by atoms with Gasteiger partial charge in [0.2, 0.25) is 0 Å². The van der Waals surface area contributed by atoms with Crippen LogP contribution in [0.1, 0.15) is 52.9 Å². The summed E-state index contributed by atoms with van der Waals surface area (Å²) in [7, 11) is 0. The molecule has 1 saturated carbocycles. The molecular weight excluding hydrogens is 198 g/mol. The van der Waals surface area contributed by atoms with Gasteiger partial charge in [-0.05, 0) is 25.3 Å². The van der Waals surface area contributed by atoms with Crippen molar-refractivity contribution in [3.63, 3.8) is 0 Å². The number of likely N-dealkylation sites (N-methyl/N-ethyl adjacent to an activating group) is 1. The molecule has 0 spiro atoms. The van der Waals surface area contributed by atoms with Gasteiger partial charge in [-0.1, -0.05) is 40.0 Å². The number of nitrogens with zero attached hydrogens (tertiary/aromatic N) is 1. The summed E-state index contributed by atoms with van der Waals surface area (Å²) in [6, 6.07) is 0. The molecule has 0 aromatic carbocycles. The maximum absolute atomic E-state index is 12.0. The smallest absolute Gasteiger partial charge is 0.149 e.